The van der Waals surface area contributed by atoms with Gasteiger partial charge in [0.05, 0.1) is 55.6 Å². The molecule has 10 rings (SSSR count). The minimum absolute atomic E-state index is 0.00206. The molecule has 6 fully saturated rings. The average Bonchev–Trinajstić information content (AvgIpc) is 1.76. The van der Waals surface area contributed by atoms with Crippen molar-refractivity contribution in [2.75, 3.05) is 27.2 Å². The van der Waals surface area contributed by atoms with Gasteiger partial charge in [-0.2, -0.15) is 0 Å². The van der Waals surface area contributed by atoms with E-state index in [9.17, 15) is 68.8 Å². The molecule has 28 nitrogen and oxygen atoms in total. The van der Waals surface area contributed by atoms with E-state index in [0.717, 1.165) is 32.1 Å². The topological polar surface area (TPSA) is 383 Å². The van der Waals surface area contributed by atoms with E-state index in [-0.39, 0.29) is 80.5 Å². The molecule has 4 aromatic rings. The highest BCUT2D eigenvalue weighted by Crippen LogP contribution is 2.43. The second-order valence-corrected chi connectivity index (χ2v) is 27.2. The summed E-state index contributed by atoms with van der Waals surface area (Å²) in [4.78, 5) is 57.7. The number of nitrogens with one attached hydrogen (secondary N) is 2. The fourth-order valence-electron chi connectivity index (χ4n) is 14.8. The number of likely N-dealkylation sites (N-methyl/N-ethyl adjacent to an activating group) is 1. The van der Waals surface area contributed by atoms with Crippen LogP contribution in [0.5, 0.6) is 0 Å². The quantitative estimate of drug-likeness (QED) is 0.0425. The van der Waals surface area contributed by atoms with Crippen LogP contribution in [0.3, 0.4) is 0 Å². The third kappa shape index (κ3) is 17.3. The summed E-state index contributed by atoms with van der Waals surface area (Å²) in [5.41, 5.74) is 1.33. The summed E-state index contributed by atoms with van der Waals surface area (Å²) in [6, 6.07) is 7.85. The average molecular weight is 1370 g/mol. The van der Waals surface area contributed by atoms with E-state index < -0.39 is 176 Å². The molecule has 0 bridgehead atoms. The van der Waals surface area contributed by atoms with Crippen LogP contribution in [0.4, 0.5) is 8.78 Å². The Kier molecular flexibility index (Phi) is 25.1. The van der Waals surface area contributed by atoms with Gasteiger partial charge in [-0.25, -0.2) is 18.1 Å². The lowest BCUT2D eigenvalue weighted by atomic mass is 9.74. The summed E-state index contributed by atoms with van der Waals surface area (Å²) in [7, 11) is 3.18. The SMILES string of the molecule is CCC1O[C@@H](O[C@@H]2C[C@@H](C(=O)NCCCC(=O)C3C[C@@H](CC)C(O[C@@H]4OC(C)[C@@H](O)[C@H](O)C4O)[C@H](O[C@@H]4O[C@@H](CO)[C@H](O)C(O[C@@H](CC5CCCCC5)C(=O)N(C)C)C4NC(C)=O)C3)CC(n3cc(-c4cccc(F)c4)nn3)C2O)C(O)[C@H](n2cc(-c3cccc(F)c3)nn2)[C@H]1O. The number of aromatic nitrogens is 6. The number of ketones is 1. The zero-order valence-electron chi connectivity index (χ0n) is 55.5. The molecule has 2 aromatic heterocycles. The number of carbonyl (C=O) groups is 4. The van der Waals surface area contributed by atoms with Gasteiger partial charge in [-0.1, -0.05) is 87.1 Å². The number of carbonyl (C=O) groups excluding carboxylic acids is 4. The molecular weight excluding hydrogens is 1270 g/mol. The third-order valence-electron chi connectivity index (χ3n) is 20.2. The molecule has 3 aliphatic carbocycles. The zero-order chi connectivity index (χ0) is 69.5. The van der Waals surface area contributed by atoms with Gasteiger partial charge in [-0.15, -0.1) is 10.2 Å². The largest absolute Gasteiger partial charge is 0.394 e. The van der Waals surface area contributed by atoms with Gasteiger partial charge >= 0.3 is 0 Å². The van der Waals surface area contributed by atoms with Gasteiger partial charge in [0.25, 0.3) is 5.91 Å². The number of hydrogen-bond acceptors (Lipinski definition) is 23. The van der Waals surface area contributed by atoms with Crippen LogP contribution in [0.2, 0.25) is 0 Å². The van der Waals surface area contributed by atoms with E-state index in [1.54, 1.807) is 33.2 Å². The van der Waals surface area contributed by atoms with Crippen LogP contribution in [0.25, 0.3) is 22.5 Å². The molecule has 0 radical (unpaired) electrons. The molecular formula is C67H95F2N9O19. The van der Waals surface area contributed by atoms with Crippen molar-refractivity contribution in [1.82, 2.24) is 45.5 Å². The summed E-state index contributed by atoms with van der Waals surface area (Å²) >= 11 is 0. The van der Waals surface area contributed by atoms with Crippen LogP contribution in [0, 0.1) is 35.3 Å². The Morgan fingerprint density at radius 1 is 0.691 bits per heavy atom. The fourth-order valence-corrected chi connectivity index (χ4v) is 14.8. The van der Waals surface area contributed by atoms with Crippen LogP contribution >= 0.6 is 0 Å². The van der Waals surface area contributed by atoms with Crippen molar-refractivity contribution < 1.29 is 102 Å². The maximum atomic E-state index is 14.7. The molecule has 3 saturated heterocycles. The van der Waals surface area contributed by atoms with Gasteiger partial charge in [0, 0.05) is 56.9 Å². The fraction of sp³-hybridized carbons (Fsp3) is 0.701. The molecule has 24 atom stereocenters. The van der Waals surface area contributed by atoms with Crippen molar-refractivity contribution in [2.24, 2.45) is 23.7 Å². The predicted octanol–water partition coefficient (Wildman–Crippen LogP) is 2.17. The molecule has 3 aliphatic heterocycles. The smallest absolute Gasteiger partial charge is 0.251 e. The highest BCUT2D eigenvalue weighted by Gasteiger charge is 2.54. The number of halogens is 2. The van der Waals surface area contributed by atoms with E-state index in [1.165, 1.54) is 76.9 Å². The Bertz CT molecular complexity index is 3260. The molecule has 0 spiro atoms. The van der Waals surface area contributed by atoms with Gasteiger partial charge in [-0.3, -0.25) is 19.2 Å². The number of nitrogens with zero attached hydrogens (tertiary/aromatic N) is 7. The number of amides is 3. The monoisotopic (exact) mass is 1370 g/mol. The van der Waals surface area contributed by atoms with Crippen LogP contribution < -0.4 is 10.6 Å². The highest BCUT2D eigenvalue weighted by molar-refractivity contribution is 5.82. The molecule has 2 aromatic carbocycles. The second-order valence-electron chi connectivity index (χ2n) is 27.2. The lowest BCUT2D eigenvalue weighted by Crippen LogP contribution is -2.67. The Balaban J connectivity index is 0.859. The third-order valence-corrected chi connectivity index (χ3v) is 20.2. The van der Waals surface area contributed by atoms with Crippen LogP contribution in [-0.2, 0) is 52.3 Å². The summed E-state index contributed by atoms with van der Waals surface area (Å²) in [6.45, 7) is 5.63. The standard InChI is InChI=1S/C67H95F2N9O19/c1-7-36-24-39(28-49(61(36)97-67-60(88)59(87)54(82)33(3)91-67)95-65-52(71-34(4)80)62(57(85)51(32-79)96-65)92-50(64(90)76(5)6)23-35-15-10-9-11-16-35)46(81)21-14-22-70-63(89)40-27-45(77-30-43(72-74-77)37-17-12-19-41(68)25-37)55(83)48(29-40)94-66-58(86)53(56(84)47(8-2)93-66)78-31-44(73-75-78)38-18-13-20-42(69)26-38/h12-13,17-20,25-26,30-31,33,35-36,39-40,45,47-62,65-67,79,82-88H,7-11,14-16,21-24,27-29,32H2,1-6H3,(H,70,89)(H,71,80)/t33?,36-,39?,40+,45?,47?,48-,49-,50+,51+,52?,53-,54-,55?,56+,57+,58?,59+,60?,61?,62?,65-,66+,67+/m1/s1. The first kappa shape index (κ1) is 73.8. The van der Waals surface area contributed by atoms with E-state index in [0.29, 0.717) is 24.0 Å². The molecule has 97 heavy (non-hydrogen) atoms. The van der Waals surface area contributed by atoms with Crippen molar-refractivity contribution >= 4 is 23.5 Å². The normalized spacial score (nSPS) is 35.4. The first-order valence-corrected chi connectivity index (χ1v) is 34.0. The molecule has 3 amide bonds. The molecule has 5 heterocycles. The van der Waals surface area contributed by atoms with E-state index in [2.05, 4.69) is 31.3 Å². The summed E-state index contributed by atoms with van der Waals surface area (Å²) in [5, 5.41) is 114. The maximum Gasteiger partial charge on any atom is 0.251 e. The van der Waals surface area contributed by atoms with E-state index in [1.807, 2.05) is 6.92 Å². The Hall–Kier alpha value is -5.94. The van der Waals surface area contributed by atoms with Crippen molar-refractivity contribution in [3.63, 3.8) is 0 Å². The number of hydrogen-bond donors (Lipinski definition) is 10. The molecule has 536 valence electrons. The number of ether oxygens (including phenoxy) is 7. The predicted molar refractivity (Wildman–Crippen MR) is 337 cm³/mol. The molecule has 10 N–H and O–H groups in total. The van der Waals surface area contributed by atoms with Gasteiger partial charge < -0.3 is 89.5 Å². The second kappa shape index (κ2) is 33.0. The van der Waals surface area contributed by atoms with Crippen molar-refractivity contribution in [3.05, 3.63) is 72.6 Å². The van der Waals surface area contributed by atoms with Crippen LogP contribution in [0.15, 0.2) is 60.9 Å². The van der Waals surface area contributed by atoms with Crippen molar-refractivity contribution in [3.8, 4) is 22.5 Å². The Morgan fingerprint density at radius 3 is 1.95 bits per heavy atom. The van der Waals surface area contributed by atoms with Crippen LogP contribution in [-0.4, -0.2) is 243 Å². The minimum atomic E-state index is -1.73. The summed E-state index contributed by atoms with van der Waals surface area (Å²) < 4.78 is 76.2. The molecule has 6 aliphatic rings. The van der Waals surface area contributed by atoms with Gasteiger partial charge in [0.15, 0.2) is 18.9 Å². The molecule has 30 heteroatoms. The highest BCUT2D eigenvalue weighted by atomic mass is 19.1. The lowest BCUT2D eigenvalue weighted by Gasteiger charge is -2.49. The van der Waals surface area contributed by atoms with Crippen molar-refractivity contribution in [1.29, 1.82) is 0 Å². The summed E-state index contributed by atoms with van der Waals surface area (Å²) in [5.74, 6) is -4.67. The van der Waals surface area contributed by atoms with Gasteiger partial charge in [0.2, 0.25) is 11.8 Å². The Morgan fingerprint density at radius 2 is 1.32 bits per heavy atom. The number of benzene rings is 2. The lowest BCUT2D eigenvalue weighted by molar-refractivity contribution is -0.338. The van der Waals surface area contributed by atoms with Crippen LogP contribution in [0.1, 0.15) is 130 Å². The summed E-state index contributed by atoms with van der Waals surface area (Å²) in [6.07, 6.45) is -15.6. The van der Waals surface area contributed by atoms with E-state index >= 15 is 0 Å². The number of Topliss-reactive ketones (excluding diaryl/α,β-unsaturated/α-hetero) is 1. The molecule has 10 unspecified atom stereocenters. The number of rotatable bonds is 25. The van der Waals surface area contributed by atoms with Gasteiger partial charge in [0.1, 0.15) is 102 Å². The van der Waals surface area contributed by atoms with Gasteiger partial charge in [-0.05, 0) is 88.0 Å². The maximum absolute atomic E-state index is 14.7. The minimum Gasteiger partial charge on any atom is -0.394 e. The first-order valence-electron chi connectivity index (χ1n) is 34.0. The van der Waals surface area contributed by atoms with E-state index in [4.69, 9.17) is 33.2 Å². The number of aliphatic hydroxyl groups excluding tert-OH is 8. The number of aliphatic hydroxyl groups is 8. The van der Waals surface area contributed by atoms with Crippen molar-refractivity contribution in [2.45, 2.75) is 246 Å². The zero-order valence-corrected chi connectivity index (χ0v) is 55.5. The Labute approximate surface area is 561 Å². The first-order chi connectivity index (χ1) is 46.4. The molecule has 3 saturated carbocycles.